The van der Waals surface area contributed by atoms with E-state index in [9.17, 15) is 4.79 Å². The Bertz CT molecular complexity index is 321. The summed E-state index contributed by atoms with van der Waals surface area (Å²) in [5.74, 6) is 1.18. The van der Waals surface area contributed by atoms with Crippen molar-refractivity contribution in [1.82, 2.24) is 9.97 Å². The molecule has 0 aliphatic rings. The van der Waals surface area contributed by atoms with Crippen LogP contribution in [0.25, 0.3) is 0 Å². The zero-order valence-corrected chi connectivity index (χ0v) is 9.23. The average molecular weight is 232 g/mol. The molecule has 0 radical (unpaired) electrons. The van der Waals surface area contributed by atoms with Crippen LogP contribution in [0.5, 0.6) is 0 Å². The third-order valence-electron chi connectivity index (χ3n) is 1.43. The highest BCUT2D eigenvalue weighted by atomic mass is 35.5. The van der Waals surface area contributed by atoms with Crippen molar-refractivity contribution in [3.05, 3.63) is 17.5 Å². The van der Waals surface area contributed by atoms with Gasteiger partial charge in [-0.25, -0.2) is 9.97 Å². The molecular formula is C8H10ClN3OS. The van der Waals surface area contributed by atoms with E-state index in [1.165, 1.54) is 12.4 Å². The molecule has 1 amide bonds. The molecule has 0 saturated carbocycles. The molecule has 0 fully saturated rings. The Hall–Kier alpha value is -0.810. The summed E-state index contributed by atoms with van der Waals surface area (Å²) in [5, 5.41) is 2.95. The second-order valence-corrected chi connectivity index (χ2v) is 3.89. The zero-order chi connectivity index (χ0) is 10.4. The molecule has 1 rings (SSSR count). The number of anilines is 1. The molecule has 0 aromatic carbocycles. The molecule has 0 aliphatic carbocycles. The molecule has 1 aromatic rings. The number of hydrogen-bond acceptors (Lipinski definition) is 4. The first-order valence-electron chi connectivity index (χ1n) is 3.98. The third-order valence-corrected chi connectivity index (χ3v) is 2.25. The normalized spacial score (nSPS) is 9.86. The maximum atomic E-state index is 11.3. The van der Waals surface area contributed by atoms with Crippen molar-refractivity contribution in [2.45, 2.75) is 6.42 Å². The number of hydrogen-bond donors (Lipinski definition) is 1. The lowest BCUT2D eigenvalue weighted by Gasteiger charge is -2.02. The van der Waals surface area contributed by atoms with E-state index in [0.29, 0.717) is 17.4 Å². The summed E-state index contributed by atoms with van der Waals surface area (Å²) in [5.41, 5.74) is 0. The topological polar surface area (TPSA) is 54.9 Å². The van der Waals surface area contributed by atoms with Gasteiger partial charge in [0.1, 0.15) is 17.3 Å². The summed E-state index contributed by atoms with van der Waals surface area (Å²) < 4.78 is 0. The quantitative estimate of drug-likeness (QED) is 0.804. The smallest absolute Gasteiger partial charge is 0.226 e. The SMILES string of the molecule is CSCCC(=O)Nc1cc(Cl)ncn1. The third kappa shape index (κ3) is 3.93. The van der Waals surface area contributed by atoms with Crippen LogP contribution in [0.1, 0.15) is 6.42 Å². The number of nitrogens with one attached hydrogen (secondary N) is 1. The van der Waals surface area contributed by atoms with E-state index in [1.54, 1.807) is 11.8 Å². The van der Waals surface area contributed by atoms with E-state index in [-0.39, 0.29) is 5.91 Å². The van der Waals surface area contributed by atoms with Crippen molar-refractivity contribution in [2.75, 3.05) is 17.3 Å². The van der Waals surface area contributed by atoms with Gasteiger partial charge in [-0.2, -0.15) is 11.8 Å². The van der Waals surface area contributed by atoms with Crippen molar-refractivity contribution >= 4 is 35.1 Å². The summed E-state index contributed by atoms with van der Waals surface area (Å²) in [6, 6.07) is 1.51. The van der Waals surface area contributed by atoms with Crippen LogP contribution in [0.2, 0.25) is 5.15 Å². The van der Waals surface area contributed by atoms with Gasteiger partial charge in [-0.3, -0.25) is 4.79 Å². The number of nitrogens with zero attached hydrogens (tertiary/aromatic N) is 2. The van der Waals surface area contributed by atoms with Gasteiger partial charge in [-0.1, -0.05) is 11.6 Å². The maximum absolute atomic E-state index is 11.3. The fourth-order valence-corrected chi connectivity index (χ4v) is 1.34. The minimum Gasteiger partial charge on any atom is -0.311 e. The van der Waals surface area contributed by atoms with Crippen LogP contribution in [-0.2, 0) is 4.79 Å². The van der Waals surface area contributed by atoms with Crippen molar-refractivity contribution < 1.29 is 4.79 Å². The molecule has 1 aromatic heterocycles. The van der Waals surface area contributed by atoms with E-state index >= 15 is 0 Å². The van der Waals surface area contributed by atoms with Gasteiger partial charge in [0, 0.05) is 18.2 Å². The number of thioether (sulfide) groups is 1. The van der Waals surface area contributed by atoms with E-state index < -0.39 is 0 Å². The van der Waals surface area contributed by atoms with Crippen LogP contribution in [0, 0.1) is 0 Å². The second kappa shape index (κ2) is 5.82. The molecule has 76 valence electrons. The molecule has 6 heteroatoms. The molecule has 0 spiro atoms. The van der Waals surface area contributed by atoms with E-state index in [2.05, 4.69) is 15.3 Å². The van der Waals surface area contributed by atoms with Gasteiger partial charge in [0.2, 0.25) is 5.91 Å². The summed E-state index contributed by atoms with van der Waals surface area (Å²) >= 11 is 7.25. The van der Waals surface area contributed by atoms with Gasteiger partial charge >= 0.3 is 0 Å². The molecule has 0 saturated heterocycles. The molecule has 1 N–H and O–H groups in total. The van der Waals surface area contributed by atoms with Crippen molar-refractivity contribution in [3.63, 3.8) is 0 Å². The highest BCUT2D eigenvalue weighted by molar-refractivity contribution is 7.98. The lowest BCUT2D eigenvalue weighted by Crippen LogP contribution is -2.13. The van der Waals surface area contributed by atoms with E-state index in [1.807, 2.05) is 6.26 Å². The minimum atomic E-state index is -0.0610. The Balaban J connectivity index is 2.47. The van der Waals surface area contributed by atoms with Gasteiger partial charge in [0.05, 0.1) is 0 Å². The number of rotatable bonds is 4. The first kappa shape index (κ1) is 11.3. The Morgan fingerprint density at radius 3 is 3.07 bits per heavy atom. The molecule has 4 nitrogen and oxygen atoms in total. The summed E-state index contributed by atoms with van der Waals surface area (Å²) in [6.45, 7) is 0. The number of amides is 1. The Morgan fingerprint density at radius 2 is 2.43 bits per heavy atom. The summed E-state index contributed by atoms with van der Waals surface area (Å²) in [4.78, 5) is 18.8. The molecule has 14 heavy (non-hydrogen) atoms. The first-order valence-corrected chi connectivity index (χ1v) is 5.76. The summed E-state index contributed by atoms with van der Waals surface area (Å²) in [7, 11) is 0. The van der Waals surface area contributed by atoms with Gasteiger partial charge < -0.3 is 5.32 Å². The molecule has 0 atom stereocenters. The molecule has 0 bridgehead atoms. The van der Waals surface area contributed by atoms with Crippen LogP contribution < -0.4 is 5.32 Å². The van der Waals surface area contributed by atoms with Gasteiger partial charge in [0.25, 0.3) is 0 Å². The molecule has 0 aliphatic heterocycles. The second-order valence-electron chi connectivity index (χ2n) is 2.52. The number of carbonyl (C=O) groups is 1. The number of carbonyl (C=O) groups excluding carboxylic acids is 1. The summed E-state index contributed by atoms with van der Waals surface area (Å²) in [6.07, 6.45) is 3.74. The molecule has 1 heterocycles. The van der Waals surface area contributed by atoms with Crippen LogP contribution >= 0.6 is 23.4 Å². The molecule has 0 unspecified atom stereocenters. The van der Waals surface area contributed by atoms with E-state index in [4.69, 9.17) is 11.6 Å². The van der Waals surface area contributed by atoms with Crippen LogP contribution in [-0.4, -0.2) is 27.9 Å². The van der Waals surface area contributed by atoms with Crippen molar-refractivity contribution in [2.24, 2.45) is 0 Å². The lowest BCUT2D eigenvalue weighted by molar-refractivity contribution is -0.115. The van der Waals surface area contributed by atoms with Crippen LogP contribution in [0.4, 0.5) is 5.82 Å². The Morgan fingerprint density at radius 1 is 1.64 bits per heavy atom. The zero-order valence-electron chi connectivity index (χ0n) is 7.66. The number of halogens is 1. The van der Waals surface area contributed by atoms with Crippen LogP contribution in [0.3, 0.4) is 0 Å². The highest BCUT2D eigenvalue weighted by Crippen LogP contribution is 2.09. The maximum Gasteiger partial charge on any atom is 0.226 e. The van der Waals surface area contributed by atoms with Crippen molar-refractivity contribution in [1.29, 1.82) is 0 Å². The van der Waals surface area contributed by atoms with Gasteiger partial charge in [-0.15, -0.1) is 0 Å². The average Bonchev–Trinajstić information content (AvgIpc) is 2.15. The first-order chi connectivity index (χ1) is 6.72. The minimum absolute atomic E-state index is 0.0610. The Kier molecular flexibility index (Phi) is 4.69. The fraction of sp³-hybridized carbons (Fsp3) is 0.375. The van der Waals surface area contributed by atoms with E-state index in [0.717, 1.165) is 5.75 Å². The molecular weight excluding hydrogens is 222 g/mol. The van der Waals surface area contributed by atoms with Gasteiger partial charge in [-0.05, 0) is 6.26 Å². The predicted molar refractivity (Wildman–Crippen MR) is 58.7 cm³/mol. The van der Waals surface area contributed by atoms with Crippen molar-refractivity contribution in [3.8, 4) is 0 Å². The monoisotopic (exact) mass is 231 g/mol. The highest BCUT2D eigenvalue weighted by Gasteiger charge is 2.02. The lowest BCUT2D eigenvalue weighted by atomic mass is 10.4. The van der Waals surface area contributed by atoms with Gasteiger partial charge in [0.15, 0.2) is 0 Å². The van der Waals surface area contributed by atoms with Crippen LogP contribution in [0.15, 0.2) is 12.4 Å². The predicted octanol–water partition coefficient (Wildman–Crippen LogP) is 1.82. The largest absolute Gasteiger partial charge is 0.311 e. The Labute approximate surface area is 91.5 Å². The number of aromatic nitrogens is 2. The standard InChI is InChI=1S/C8H10ClN3OS/c1-14-3-2-8(13)12-7-4-6(9)10-5-11-7/h4-5H,2-3H2,1H3,(H,10,11,12,13). The fourth-order valence-electron chi connectivity index (χ4n) is 0.802.